The van der Waals surface area contributed by atoms with Crippen LogP contribution in [0.25, 0.3) is 0 Å². The van der Waals surface area contributed by atoms with Gasteiger partial charge in [0, 0.05) is 25.6 Å². The van der Waals surface area contributed by atoms with Crippen molar-refractivity contribution < 1.29 is 19.9 Å². The molecule has 1 aromatic heterocycles. The second kappa shape index (κ2) is 15.5. The molecule has 0 fully saturated rings. The molecule has 0 aliphatic rings. The zero-order chi connectivity index (χ0) is 30.7. The summed E-state index contributed by atoms with van der Waals surface area (Å²) in [5, 5.41) is 42.4. The molecule has 0 spiro atoms. The maximum Gasteiger partial charge on any atom is 0.269 e. The second-order valence-corrected chi connectivity index (χ2v) is 14.4. The number of unbranched alkanes of at least 4 members (excludes halogenated alkanes) is 4. The number of carbonyl (C=O) groups excluding carboxylic acids is 1. The summed E-state index contributed by atoms with van der Waals surface area (Å²) in [6, 6.07) is 26.1. The zero-order valence-electron chi connectivity index (χ0n) is 24.5. The average Bonchev–Trinajstić information content (AvgIpc) is 3.48. The molecule has 0 unspecified atom stereocenters. The third-order valence-corrected chi connectivity index (χ3v) is 12.3. The van der Waals surface area contributed by atoms with Crippen LogP contribution in [-0.2, 0) is 11.8 Å². The lowest BCUT2D eigenvalue weighted by Crippen LogP contribution is -2.41. The molecule has 0 bridgehead atoms. The van der Waals surface area contributed by atoms with E-state index in [0.29, 0.717) is 18.4 Å². The number of nitro groups is 1. The number of nitro benzene ring substituents is 1. The molecule has 226 valence electrons. The first-order chi connectivity index (χ1) is 20.8. The number of aryl methyl sites for hydroxylation is 1. The van der Waals surface area contributed by atoms with Gasteiger partial charge in [-0.15, -0.1) is 0 Å². The number of nitrogens with one attached hydrogen (secondary N) is 1. The third-order valence-electron chi connectivity index (χ3n) is 7.79. The Balaban J connectivity index is 1.29. The number of aliphatic hydroxyl groups excluding tert-OH is 2. The number of hydrogen-bond donors (Lipinski definition) is 3. The highest BCUT2D eigenvalue weighted by molar-refractivity contribution is 7.95. The van der Waals surface area contributed by atoms with Gasteiger partial charge in [-0.25, -0.2) is 0 Å². The van der Waals surface area contributed by atoms with Crippen molar-refractivity contribution in [2.75, 3.05) is 12.8 Å². The van der Waals surface area contributed by atoms with E-state index in [9.17, 15) is 25.1 Å². The fraction of sp³-hybridized carbons (Fsp3) is 0.333. The summed E-state index contributed by atoms with van der Waals surface area (Å²) >= 11 is 0. The minimum absolute atomic E-state index is 0.0923. The van der Waals surface area contributed by atoms with Crippen LogP contribution in [0.4, 0.5) is 5.69 Å². The van der Waals surface area contributed by atoms with Crippen molar-refractivity contribution in [1.82, 2.24) is 15.1 Å². The minimum Gasteiger partial charge on any atom is -0.394 e. The molecule has 0 saturated heterocycles. The van der Waals surface area contributed by atoms with Crippen molar-refractivity contribution in [3.05, 3.63) is 113 Å². The van der Waals surface area contributed by atoms with E-state index < -0.39 is 30.9 Å². The first kappa shape index (κ1) is 32.0. The topological polar surface area (TPSA) is 131 Å². The van der Waals surface area contributed by atoms with E-state index in [1.54, 1.807) is 0 Å². The molecule has 2 atom stereocenters. The first-order valence-electron chi connectivity index (χ1n) is 14.7. The van der Waals surface area contributed by atoms with Crippen molar-refractivity contribution in [3.8, 4) is 0 Å². The molecule has 4 rings (SSSR count). The number of aromatic nitrogens is 2. The van der Waals surface area contributed by atoms with E-state index >= 15 is 0 Å². The van der Waals surface area contributed by atoms with Gasteiger partial charge in [0.05, 0.1) is 36.1 Å². The molecule has 1 amide bonds. The Morgan fingerprint density at radius 2 is 1.49 bits per heavy atom. The van der Waals surface area contributed by atoms with Crippen LogP contribution in [0.1, 0.15) is 50.2 Å². The van der Waals surface area contributed by atoms with E-state index in [1.807, 2.05) is 17.9 Å². The van der Waals surface area contributed by atoms with Crippen LogP contribution >= 0.6 is 7.26 Å². The van der Waals surface area contributed by atoms with Crippen molar-refractivity contribution in [2.24, 2.45) is 7.05 Å². The number of carbonyl (C=O) groups is 1. The summed E-state index contributed by atoms with van der Waals surface area (Å²) in [5.41, 5.74) is 0.298. The molecule has 43 heavy (non-hydrogen) atoms. The second-order valence-electron chi connectivity index (χ2n) is 10.7. The van der Waals surface area contributed by atoms with Gasteiger partial charge in [0.15, 0.2) is 0 Å². The largest absolute Gasteiger partial charge is 0.394 e. The van der Waals surface area contributed by atoms with E-state index in [1.165, 1.54) is 40.2 Å². The molecule has 0 radical (unpaired) electrons. The van der Waals surface area contributed by atoms with Crippen LogP contribution in [0.3, 0.4) is 0 Å². The van der Waals surface area contributed by atoms with Crippen LogP contribution < -0.4 is 21.2 Å². The Morgan fingerprint density at radius 1 is 0.907 bits per heavy atom. The van der Waals surface area contributed by atoms with Crippen molar-refractivity contribution >= 4 is 34.8 Å². The van der Waals surface area contributed by atoms with E-state index in [2.05, 4.69) is 77.3 Å². The number of nitrogens with zero attached hydrogens (tertiary/aromatic N) is 3. The smallest absolute Gasteiger partial charge is 0.269 e. The van der Waals surface area contributed by atoms with Crippen LogP contribution in [-0.4, -0.2) is 49.6 Å². The van der Waals surface area contributed by atoms with E-state index in [4.69, 9.17) is 0 Å². The Labute approximate surface area is 253 Å². The Hall–Kier alpha value is -3.91. The van der Waals surface area contributed by atoms with Gasteiger partial charge in [-0.2, -0.15) is 5.10 Å². The number of hydrogen-bond acceptors (Lipinski definition) is 6. The van der Waals surface area contributed by atoms with Gasteiger partial charge < -0.3 is 15.5 Å². The number of benzene rings is 3. The fourth-order valence-corrected chi connectivity index (χ4v) is 9.84. The maximum absolute atomic E-state index is 12.6. The van der Waals surface area contributed by atoms with Gasteiger partial charge in [0.2, 0.25) is 5.91 Å². The van der Waals surface area contributed by atoms with Crippen molar-refractivity contribution in [2.45, 2.75) is 50.7 Å². The molecule has 10 heteroatoms. The SMILES string of the molecule is Cn1cc([P+](CCCCCCCC(=O)N[C@H](CO)[C@H](O)c2ccc([N+](=O)[O-])cc2)(c2ccccc2)c2ccccc2)cn1. The van der Waals surface area contributed by atoms with Crippen molar-refractivity contribution in [1.29, 1.82) is 0 Å². The van der Waals surface area contributed by atoms with Crippen LogP contribution in [0.15, 0.2) is 97.3 Å². The lowest BCUT2D eigenvalue weighted by Gasteiger charge is -2.26. The number of rotatable bonds is 16. The lowest BCUT2D eigenvalue weighted by atomic mass is 10.0. The van der Waals surface area contributed by atoms with Crippen molar-refractivity contribution in [3.63, 3.8) is 0 Å². The number of aliphatic hydroxyl groups is 2. The standard InChI is InChI=1S/C33H39N4O5P/c1-36-24-30(23-34-36)43(28-13-7-5-8-14-28,29-15-9-6-10-16-29)22-12-4-2-3-11-17-32(39)35-31(25-38)33(40)26-18-20-27(21-19-26)37(41)42/h5-10,13-16,18-21,23-24,31,33,38,40H,2-4,11-12,17,22,25H2,1H3/p+1/t31-,33-/m1/s1. The number of non-ortho nitro benzene ring substituents is 1. The van der Waals surface area contributed by atoms with Crippen LogP contribution in [0.2, 0.25) is 0 Å². The Morgan fingerprint density at radius 3 is 2.02 bits per heavy atom. The molecular formula is C33H40N4O5P+. The fourth-order valence-electron chi connectivity index (χ4n) is 5.50. The van der Waals surface area contributed by atoms with Gasteiger partial charge >= 0.3 is 0 Å². The van der Waals surface area contributed by atoms with Gasteiger partial charge in [-0.05, 0) is 61.2 Å². The monoisotopic (exact) mass is 603 g/mol. The molecule has 0 aliphatic carbocycles. The van der Waals surface area contributed by atoms with E-state index in [-0.39, 0.29) is 11.6 Å². The summed E-state index contributed by atoms with van der Waals surface area (Å²) in [6.45, 7) is -0.450. The van der Waals surface area contributed by atoms with Crippen LogP contribution in [0.5, 0.6) is 0 Å². The van der Waals surface area contributed by atoms with E-state index in [0.717, 1.165) is 31.8 Å². The minimum atomic E-state index is -1.89. The number of amides is 1. The highest BCUT2D eigenvalue weighted by Crippen LogP contribution is 2.55. The molecule has 3 aromatic carbocycles. The van der Waals surface area contributed by atoms with Gasteiger partial charge in [-0.3, -0.25) is 19.6 Å². The quantitative estimate of drug-likeness (QED) is 0.0763. The predicted molar refractivity (Wildman–Crippen MR) is 172 cm³/mol. The Bertz CT molecular complexity index is 1410. The average molecular weight is 604 g/mol. The summed E-state index contributed by atoms with van der Waals surface area (Å²) in [7, 11) is 0.0677. The maximum atomic E-state index is 12.6. The summed E-state index contributed by atoms with van der Waals surface area (Å²) in [5.74, 6) is -0.241. The third kappa shape index (κ3) is 8.14. The Kier molecular flexibility index (Phi) is 11.6. The molecular weight excluding hydrogens is 563 g/mol. The molecule has 1 heterocycles. The summed E-state index contributed by atoms with van der Waals surface area (Å²) < 4.78 is 1.88. The van der Waals surface area contributed by atoms with Crippen LogP contribution in [0, 0.1) is 10.1 Å². The highest BCUT2D eigenvalue weighted by Gasteiger charge is 2.45. The van der Waals surface area contributed by atoms with Gasteiger partial charge in [-0.1, -0.05) is 49.2 Å². The van der Waals surface area contributed by atoms with Gasteiger partial charge in [0.1, 0.15) is 29.3 Å². The first-order valence-corrected chi connectivity index (χ1v) is 16.6. The molecule has 9 nitrogen and oxygen atoms in total. The highest BCUT2D eigenvalue weighted by atomic mass is 31.2. The zero-order valence-corrected chi connectivity index (χ0v) is 25.4. The molecule has 0 saturated carbocycles. The molecule has 4 aromatic rings. The predicted octanol–water partition coefficient (Wildman–Crippen LogP) is 4.17. The summed E-state index contributed by atoms with van der Waals surface area (Å²) in [4.78, 5) is 22.9. The van der Waals surface area contributed by atoms with Gasteiger partial charge in [0.25, 0.3) is 5.69 Å². The molecule has 0 aliphatic heterocycles. The normalized spacial score (nSPS) is 12.9. The molecule has 3 N–H and O–H groups in total. The lowest BCUT2D eigenvalue weighted by molar-refractivity contribution is -0.384. The summed E-state index contributed by atoms with van der Waals surface area (Å²) in [6.07, 6.45) is 9.03.